The number of rotatable bonds is 6. The predicted molar refractivity (Wildman–Crippen MR) is 115 cm³/mol. The molecule has 0 aliphatic rings. The molecule has 3 rings (SSSR count). The van der Waals surface area contributed by atoms with Gasteiger partial charge in [0.2, 0.25) is 0 Å². The summed E-state index contributed by atoms with van der Waals surface area (Å²) in [4.78, 5) is 14.5. The Kier molecular flexibility index (Phi) is 6.22. The monoisotopic (exact) mass is 426 g/mol. The molecule has 156 valence electrons. The van der Waals surface area contributed by atoms with E-state index in [0.29, 0.717) is 23.4 Å². The van der Waals surface area contributed by atoms with Crippen molar-refractivity contribution in [1.82, 2.24) is 4.90 Å². The molecule has 7 heteroatoms. The van der Waals surface area contributed by atoms with E-state index in [-0.39, 0.29) is 16.6 Å². The molecule has 0 aliphatic heterocycles. The van der Waals surface area contributed by atoms with Crippen molar-refractivity contribution < 1.29 is 17.6 Å². The van der Waals surface area contributed by atoms with Gasteiger partial charge < -0.3 is 4.90 Å². The van der Waals surface area contributed by atoms with Crippen molar-refractivity contribution in [3.05, 3.63) is 94.8 Å². The normalized spacial score (nSPS) is 11.2. The first-order valence-electron chi connectivity index (χ1n) is 9.36. The third kappa shape index (κ3) is 5.04. The molecule has 0 aromatic heterocycles. The Bertz CT molecular complexity index is 1180. The molecular weight excluding hydrogens is 403 g/mol. The number of anilines is 1. The number of halogens is 1. The van der Waals surface area contributed by atoms with E-state index in [1.165, 1.54) is 23.1 Å². The van der Waals surface area contributed by atoms with Gasteiger partial charge in [-0.2, -0.15) is 0 Å². The Morgan fingerprint density at radius 1 is 1.00 bits per heavy atom. The van der Waals surface area contributed by atoms with Gasteiger partial charge in [-0.05, 0) is 66.9 Å². The number of benzene rings is 3. The minimum atomic E-state index is -3.79. The van der Waals surface area contributed by atoms with Gasteiger partial charge in [-0.1, -0.05) is 30.3 Å². The van der Waals surface area contributed by atoms with Crippen LogP contribution in [0.5, 0.6) is 0 Å². The average Bonchev–Trinajstić information content (AvgIpc) is 2.70. The lowest BCUT2D eigenvalue weighted by atomic mass is 10.1. The molecule has 3 aromatic rings. The highest BCUT2D eigenvalue weighted by atomic mass is 32.2. The van der Waals surface area contributed by atoms with E-state index in [9.17, 15) is 17.6 Å². The molecular formula is C23H23FN2O3S. The maximum atomic E-state index is 13.1. The first kappa shape index (κ1) is 21.5. The lowest BCUT2D eigenvalue weighted by molar-refractivity contribution is 0.0785. The van der Waals surface area contributed by atoms with Gasteiger partial charge in [-0.25, -0.2) is 12.8 Å². The van der Waals surface area contributed by atoms with Gasteiger partial charge in [-0.15, -0.1) is 0 Å². The van der Waals surface area contributed by atoms with Crippen LogP contribution in [0.3, 0.4) is 0 Å². The fourth-order valence-corrected chi connectivity index (χ4v) is 4.46. The van der Waals surface area contributed by atoms with Gasteiger partial charge in [0.15, 0.2) is 0 Å². The van der Waals surface area contributed by atoms with E-state index in [1.54, 1.807) is 56.4 Å². The van der Waals surface area contributed by atoms with Gasteiger partial charge in [0, 0.05) is 24.8 Å². The van der Waals surface area contributed by atoms with Crippen LogP contribution in [-0.2, 0) is 16.6 Å². The predicted octanol–water partition coefficient (Wildman–Crippen LogP) is 4.52. The molecule has 0 heterocycles. The van der Waals surface area contributed by atoms with Crippen molar-refractivity contribution in [2.75, 3.05) is 11.8 Å². The number of carbonyl (C=O) groups is 1. The molecule has 30 heavy (non-hydrogen) atoms. The smallest absolute Gasteiger partial charge is 0.262 e. The summed E-state index contributed by atoms with van der Waals surface area (Å²) in [6.45, 7) is 3.87. The van der Waals surface area contributed by atoms with Crippen LogP contribution in [0.25, 0.3) is 0 Å². The standard InChI is InChI=1S/C23H23FN2O3S/c1-16-7-8-17(2)22(13-16)30(28,29)25-21-6-4-5-19(14-21)23(27)26(3)15-18-9-11-20(24)12-10-18/h4-14,25H,15H2,1-3H3. The van der Waals surface area contributed by atoms with Crippen LogP contribution in [0, 0.1) is 19.7 Å². The fourth-order valence-electron chi connectivity index (χ4n) is 3.08. The third-order valence-electron chi connectivity index (χ3n) is 4.67. The Morgan fingerprint density at radius 3 is 2.40 bits per heavy atom. The number of hydrogen-bond acceptors (Lipinski definition) is 3. The van der Waals surface area contributed by atoms with Gasteiger partial charge in [-0.3, -0.25) is 9.52 Å². The first-order chi connectivity index (χ1) is 14.2. The number of nitrogens with one attached hydrogen (secondary N) is 1. The summed E-state index contributed by atoms with van der Waals surface area (Å²) in [7, 11) is -2.15. The summed E-state index contributed by atoms with van der Waals surface area (Å²) in [5.41, 5.74) is 2.92. The van der Waals surface area contributed by atoms with Crippen molar-refractivity contribution in [3.8, 4) is 0 Å². The van der Waals surface area contributed by atoms with Crippen LogP contribution in [0.15, 0.2) is 71.6 Å². The zero-order valence-electron chi connectivity index (χ0n) is 17.0. The second-order valence-electron chi connectivity index (χ2n) is 7.24. The van der Waals surface area contributed by atoms with Crippen LogP contribution in [0.2, 0.25) is 0 Å². The molecule has 0 unspecified atom stereocenters. The summed E-state index contributed by atoms with van der Waals surface area (Å²) in [6.07, 6.45) is 0. The quantitative estimate of drug-likeness (QED) is 0.630. The SMILES string of the molecule is Cc1ccc(C)c(S(=O)(=O)Nc2cccc(C(=O)N(C)Cc3ccc(F)cc3)c2)c1. The minimum Gasteiger partial charge on any atom is -0.337 e. The van der Waals surface area contributed by atoms with E-state index in [4.69, 9.17) is 0 Å². The Balaban J connectivity index is 1.79. The first-order valence-corrected chi connectivity index (χ1v) is 10.8. The highest BCUT2D eigenvalue weighted by molar-refractivity contribution is 7.92. The summed E-state index contributed by atoms with van der Waals surface area (Å²) in [5, 5.41) is 0. The topological polar surface area (TPSA) is 66.5 Å². The van der Waals surface area contributed by atoms with Gasteiger partial charge in [0.1, 0.15) is 5.82 Å². The zero-order valence-corrected chi connectivity index (χ0v) is 17.8. The molecule has 0 saturated heterocycles. The van der Waals surface area contributed by atoms with Crippen LogP contribution in [0.1, 0.15) is 27.0 Å². The van der Waals surface area contributed by atoms with Crippen molar-refractivity contribution in [3.63, 3.8) is 0 Å². The molecule has 1 N–H and O–H groups in total. The van der Waals surface area contributed by atoms with Crippen LogP contribution >= 0.6 is 0 Å². The molecule has 5 nitrogen and oxygen atoms in total. The summed E-state index contributed by atoms with van der Waals surface area (Å²) in [5.74, 6) is -0.608. The molecule has 0 atom stereocenters. The number of amides is 1. The largest absolute Gasteiger partial charge is 0.337 e. The third-order valence-corrected chi connectivity index (χ3v) is 6.20. The van der Waals surface area contributed by atoms with Crippen molar-refractivity contribution >= 4 is 21.6 Å². The van der Waals surface area contributed by atoms with Crippen molar-refractivity contribution in [2.24, 2.45) is 0 Å². The molecule has 0 saturated carbocycles. The van der Waals surface area contributed by atoms with Gasteiger partial charge in [0.05, 0.1) is 4.90 Å². The highest BCUT2D eigenvalue weighted by Crippen LogP contribution is 2.22. The number of sulfonamides is 1. The second-order valence-corrected chi connectivity index (χ2v) is 8.89. The van der Waals surface area contributed by atoms with Crippen molar-refractivity contribution in [1.29, 1.82) is 0 Å². The molecule has 0 radical (unpaired) electrons. The summed E-state index contributed by atoms with van der Waals surface area (Å²) < 4.78 is 41.3. The molecule has 0 fully saturated rings. The number of aryl methyl sites for hydroxylation is 2. The Hall–Kier alpha value is -3.19. The molecule has 0 spiro atoms. The minimum absolute atomic E-state index is 0.202. The molecule has 3 aromatic carbocycles. The lowest BCUT2D eigenvalue weighted by Crippen LogP contribution is -2.26. The van der Waals surface area contributed by atoms with E-state index in [2.05, 4.69) is 4.72 Å². The number of nitrogens with zero attached hydrogens (tertiary/aromatic N) is 1. The Morgan fingerprint density at radius 2 is 1.70 bits per heavy atom. The van der Waals surface area contributed by atoms with E-state index in [0.717, 1.165) is 11.1 Å². The van der Waals surface area contributed by atoms with E-state index in [1.807, 2.05) is 13.0 Å². The second kappa shape index (κ2) is 8.67. The van der Waals surface area contributed by atoms with Gasteiger partial charge >= 0.3 is 0 Å². The maximum absolute atomic E-state index is 13.1. The number of carbonyl (C=O) groups excluding carboxylic acids is 1. The molecule has 1 amide bonds. The molecule has 0 aliphatic carbocycles. The fraction of sp³-hybridized carbons (Fsp3) is 0.174. The van der Waals surface area contributed by atoms with E-state index < -0.39 is 10.0 Å². The lowest BCUT2D eigenvalue weighted by Gasteiger charge is -2.18. The van der Waals surface area contributed by atoms with E-state index >= 15 is 0 Å². The van der Waals surface area contributed by atoms with Crippen LogP contribution in [0.4, 0.5) is 10.1 Å². The highest BCUT2D eigenvalue weighted by Gasteiger charge is 2.19. The summed E-state index contributed by atoms with van der Waals surface area (Å²) in [6, 6.07) is 17.5. The number of hydrogen-bond donors (Lipinski definition) is 1. The Labute approximate surface area is 176 Å². The maximum Gasteiger partial charge on any atom is 0.262 e. The van der Waals surface area contributed by atoms with Crippen molar-refractivity contribution in [2.45, 2.75) is 25.3 Å². The van der Waals surface area contributed by atoms with Gasteiger partial charge in [0.25, 0.3) is 15.9 Å². The molecule has 0 bridgehead atoms. The summed E-state index contributed by atoms with van der Waals surface area (Å²) >= 11 is 0. The zero-order chi connectivity index (χ0) is 21.9. The van der Waals surface area contributed by atoms with Crippen LogP contribution < -0.4 is 4.72 Å². The van der Waals surface area contributed by atoms with Crippen LogP contribution in [-0.4, -0.2) is 26.3 Å². The average molecular weight is 427 g/mol.